The van der Waals surface area contributed by atoms with Gasteiger partial charge in [0.2, 0.25) is 5.91 Å². The van der Waals surface area contributed by atoms with Gasteiger partial charge in [-0.15, -0.1) is 0 Å². The molecule has 0 radical (unpaired) electrons. The Morgan fingerprint density at radius 2 is 1.89 bits per heavy atom. The molecule has 6 nitrogen and oxygen atoms in total. The van der Waals surface area contributed by atoms with Gasteiger partial charge in [-0.05, 0) is 43.7 Å². The fraction of sp³-hybridized carbons (Fsp3) is 0.450. The van der Waals surface area contributed by atoms with Crippen molar-refractivity contribution in [2.75, 3.05) is 19.6 Å². The van der Waals surface area contributed by atoms with E-state index in [-0.39, 0.29) is 28.8 Å². The Labute approximate surface area is 160 Å². The first-order valence-corrected chi connectivity index (χ1v) is 9.50. The molecule has 1 aromatic carbocycles. The molecule has 4 rings (SSSR count). The highest BCUT2D eigenvalue weighted by molar-refractivity contribution is 5.93. The van der Waals surface area contributed by atoms with Crippen molar-refractivity contribution in [3.8, 4) is 11.3 Å². The van der Waals surface area contributed by atoms with E-state index < -0.39 is 17.5 Å². The molecule has 2 aromatic rings. The molecule has 0 spiro atoms. The van der Waals surface area contributed by atoms with Gasteiger partial charge in [-0.25, -0.2) is 8.78 Å². The van der Waals surface area contributed by atoms with E-state index >= 15 is 0 Å². The van der Waals surface area contributed by atoms with Crippen molar-refractivity contribution in [1.82, 2.24) is 15.4 Å². The highest BCUT2D eigenvalue weighted by Gasteiger charge is 2.34. The second-order valence-electron chi connectivity index (χ2n) is 7.45. The van der Waals surface area contributed by atoms with E-state index in [1.54, 1.807) is 0 Å². The van der Waals surface area contributed by atoms with Crippen LogP contribution >= 0.6 is 0 Å². The lowest BCUT2D eigenvalue weighted by Crippen LogP contribution is -2.42. The van der Waals surface area contributed by atoms with E-state index in [0.29, 0.717) is 12.5 Å². The molecular formula is C20H21F2N3O3. The lowest BCUT2D eigenvalue weighted by Gasteiger charge is -2.32. The molecule has 2 amide bonds. The number of hydrogen-bond donors (Lipinski definition) is 1. The van der Waals surface area contributed by atoms with E-state index in [1.807, 2.05) is 4.90 Å². The van der Waals surface area contributed by atoms with Crippen LogP contribution in [0.25, 0.3) is 11.3 Å². The highest BCUT2D eigenvalue weighted by atomic mass is 19.1. The van der Waals surface area contributed by atoms with E-state index in [1.165, 1.54) is 12.1 Å². The Balaban J connectivity index is 1.29. The zero-order valence-corrected chi connectivity index (χ0v) is 15.3. The van der Waals surface area contributed by atoms with E-state index in [0.717, 1.165) is 50.9 Å². The van der Waals surface area contributed by atoms with Gasteiger partial charge in [-0.2, -0.15) is 0 Å². The molecule has 148 valence electrons. The lowest BCUT2D eigenvalue weighted by atomic mass is 9.96. The molecule has 2 fully saturated rings. The summed E-state index contributed by atoms with van der Waals surface area (Å²) in [6.07, 6.45) is 3.72. The maximum Gasteiger partial charge on any atom is 0.273 e. The van der Waals surface area contributed by atoms with Gasteiger partial charge in [0, 0.05) is 37.7 Å². The number of hydrogen-bond acceptors (Lipinski definition) is 4. The average Bonchev–Trinajstić information content (AvgIpc) is 3.43. The van der Waals surface area contributed by atoms with Gasteiger partial charge in [-0.1, -0.05) is 5.16 Å². The molecule has 1 saturated heterocycles. The first-order chi connectivity index (χ1) is 13.5. The first-order valence-electron chi connectivity index (χ1n) is 9.50. The molecule has 1 saturated carbocycles. The predicted octanol–water partition coefficient (Wildman–Crippen LogP) is 3.00. The molecule has 0 bridgehead atoms. The molecule has 1 aliphatic heterocycles. The molecule has 0 atom stereocenters. The summed E-state index contributed by atoms with van der Waals surface area (Å²) in [5.74, 6) is -1.01. The van der Waals surface area contributed by atoms with Crippen LogP contribution in [-0.2, 0) is 4.79 Å². The van der Waals surface area contributed by atoms with Crippen LogP contribution in [0.1, 0.15) is 36.2 Å². The third kappa shape index (κ3) is 4.05. The van der Waals surface area contributed by atoms with Gasteiger partial charge in [-0.3, -0.25) is 9.59 Å². The molecule has 1 N–H and O–H groups in total. The number of likely N-dealkylation sites (tertiary alicyclic amines) is 1. The van der Waals surface area contributed by atoms with Crippen molar-refractivity contribution in [1.29, 1.82) is 0 Å². The average molecular weight is 389 g/mol. The summed E-state index contributed by atoms with van der Waals surface area (Å²) in [6.45, 7) is 1.94. The van der Waals surface area contributed by atoms with Crippen molar-refractivity contribution >= 4 is 11.8 Å². The van der Waals surface area contributed by atoms with Gasteiger partial charge in [0.05, 0.1) is 5.56 Å². The van der Waals surface area contributed by atoms with E-state index in [4.69, 9.17) is 4.52 Å². The Hall–Kier alpha value is -2.77. The summed E-state index contributed by atoms with van der Waals surface area (Å²) in [7, 11) is 0. The molecule has 2 aliphatic rings. The number of halogens is 2. The summed E-state index contributed by atoms with van der Waals surface area (Å²) < 4.78 is 31.9. The number of carbonyl (C=O) groups is 2. The third-order valence-corrected chi connectivity index (χ3v) is 5.34. The van der Waals surface area contributed by atoms with Crippen LogP contribution in [0.4, 0.5) is 8.78 Å². The summed E-state index contributed by atoms with van der Waals surface area (Å²) >= 11 is 0. The maximum absolute atomic E-state index is 13.8. The van der Waals surface area contributed by atoms with Crippen LogP contribution < -0.4 is 5.32 Å². The summed E-state index contributed by atoms with van der Waals surface area (Å²) in [5.41, 5.74) is 0.0840. The standard InChI is InChI=1S/C20H21F2N3O3/c21-14-3-4-15(16(22)9-14)18-10-17(24-28-18)19(26)23-11-12-5-7-25(8-6-12)20(27)13-1-2-13/h3-4,9-10,12-13H,1-2,5-8,11H2,(H,23,26). The Morgan fingerprint density at radius 3 is 2.57 bits per heavy atom. The fourth-order valence-electron chi connectivity index (χ4n) is 3.47. The van der Waals surface area contributed by atoms with Gasteiger partial charge in [0.25, 0.3) is 5.91 Å². The van der Waals surface area contributed by atoms with Crippen LogP contribution in [0.2, 0.25) is 0 Å². The minimum absolute atomic E-state index is 0.0417. The fourth-order valence-corrected chi connectivity index (χ4v) is 3.47. The number of aromatic nitrogens is 1. The molecule has 1 aromatic heterocycles. The molecule has 28 heavy (non-hydrogen) atoms. The normalized spacial score (nSPS) is 17.6. The van der Waals surface area contributed by atoms with Crippen LogP contribution in [0.5, 0.6) is 0 Å². The van der Waals surface area contributed by atoms with Gasteiger partial charge < -0.3 is 14.7 Å². The van der Waals surface area contributed by atoms with E-state index in [2.05, 4.69) is 10.5 Å². The van der Waals surface area contributed by atoms with Crippen molar-refractivity contribution in [2.45, 2.75) is 25.7 Å². The quantitative estimate of drug-likeness (QED) is 0.853. The zero-order valence-electron chi connectivity index (χ0n) is 15.3. The summed E-state index contributed by atoms with van der Waals surface area (Å²) in [5, 5.41) is 6.50. The number of piperidine rings is 1. The first kappa shape index (κ1) is 18.6. The van der Waals surface area contributed by atoms with Crippen molar-refractivity contribution < 1.29 is 22.9 Å². The number of benzene rings is 1. The number of carbonyl (C=O) groups excluding carboxylic acids is 2. The second-order valence-corrected chi connectivity index (χ2v) is 7.45. The molecule has 2 heterocycles. The predicted molar refractivity (Wildman–Crippen MR) is 96.2 cm³/mol. The lowest BCUT2D eigenvalue weighted by molar-refractivity contribution is -0.133. The van der Waals surface area contributed by atoms with Crippen LogP contribution in [0.3, 0.4) is 0 Å². The minimum Gasteiger partial charge on any atom is -0.355 e. The SMILES string of the molecule is O=C(NCC1CCN(C(=O)C2CC2)CC1)c1cc(-c2ccc(F)cc2F)on1. The smallest absolute Gasteiger partial charge is 0.273 e. The molecular weight excluding hydrogens is 368 g/mol. The Morgan fingerprint density at radius 1 is 1.14 bits per heavy atom. The van der Waals surface area contributed by atoms with Crippen LogP contribution in [0.15, 0.2) is 28.8 Å². The van der Waals surface area contributed by atoms with Gasteiger partial charge in [0.15, 0.2) is 11.5 Å². The Bertz CT molecular complexity index is 887. The zero-order chi connectivity index (χ0) is 19.7. The van der Waals surface area contributed by atoms with Crippen LogP contribution in [-0.4, -0.2) is 41.5 Å². The number of amides is 2. The van der Waals surface area contributed by atoms with Crippen molar-refractivity contribution in [3.63, 3.8) is 0 Å². The number of nitrogens with one attached hydrogen (secondary N) is 1. The van der Waals surface area contributed by atoms with Crippen molar-refractivity contribution in [2.24, 2.45) is 11.8 Å². The molecule has 8 heteroatoms. The molecule has 1 aliphatic carbocycles. The van der Waals surface area contributed by atoms with Crippen molar-refractivity contribution in [3.05, 3.63) is 41.6 Å². The number of rotatable bonds is 5. The van der Waals surface area contributed by atoms with E-state index in [9.17, 15) is 18.4 Å². The largest absolute Gasteiger partial charge is 0.355 e. The summed E-state index contributed by atoms with van der Waals surface area (Å²) in [6, 6.07) is 4.44. The Kier molecular flexibility index (Phi) is 5.11. The van der Waals surface area contributed by atoms with Gasteiger partial charge >= 0.3 is 0 Å². The monoisotopic (exact) mass is 389 g/mol. The van der Waals surface area contributed by atoms with Crippen LogP contribution in [0, 0.1) is 23.5 Å². The van der Waals surface area contributed by atoms with Gasteiger partial charge in [0.1, 0.15) is 11.6 Å². The second kappa shape index (κ2) is 7.69. The molecule has 0 unspecified atom stereocenters. The highest BCUT2D eigenvalue weighted by Crippen LogP contribution is 2.32. The minimum atomic E-state index is -0.782. The topological polar surface area (TPSA) is 75.4 Å². The maximum atomic E-state index is 13.8. The summed E-state index contributed by atoms with van der Waals surface area (Å²) in [4.78, 5) is 26.3. The third-order valence-electron chi connectivity index (χ3n) is 5.34. The number of nitrogens with zero attached hydrogens (tertiary/aromatic N) is 2.